The van der Waals surface area contributed by atoms with Gasteiger partial charge in [0, 0.05) is 42.9 Å². The summed E-state index contributed by atoms with van der Waals surface area (Å²) in [7, 11) is 0. The number of nitrogens with two attached hydrogens (primary N) is 1. The molecule has 3 aliphatic rings. The number of hydrogen-bond donors (Lipinski definition) is 2. The lowest BCUT2D eigenvalue weighted by Gasteiger charge is -2.44. The van der Waals surface area contributed by atoms with Crippen LogP contribution >= 0.6 is 24.8 Å². The number of aryl methyl sites for hydroxylation is 1. The zero-order valence-corrected chi connectivity index (χ0v) is 18.9. The fourth-order valence-electron chi connectivity index (χ4n) is 5.33. The second-order valence-electron chi connectivity index (χ2n) is 8.69. The molecular formula is C21H35Cl2N5O. The van der Waals surface area contributed by atoms with Crippen LogP contribution in [0, 0.1) is 17.8 Å². The van der Waals surface area contributed by atoms with Gasteiger partial charge >= 0.3 is 0 Å². The van der Waals surface area contributed by atoms with Crippen molar-refractivity contribution < 1.29 is 4.79 Å². The highest BCUT2D eigenvalue weighted by molar-refractivity contribution is 5.85. The van der Waals surface area contributed by atoms with Gasteiger partial charge in [0.2, 0.25) is 5.91 Å². The van der Waals surface area contributed by atoms with E-state index < -0.39 is 0 Å². The van der Waals surface area contributed by atoms with E-state index in [4.69, 9.17) is 5.73 Å². The Kier molecular flexibility index (Phi) is 8.98. The largest absolute Gasteiger partial charge is 0.356 e. The minimum atomic E-state index is 0. The van der Waals surface area contributed by atoms with E-state index in [1.807, 2.05) is 0 Å². The van der Waals surface area contributed by atoms with Gasteiger partial charge in [0.1, 0.15) is 12.1 Å². The highest BCUT2D eigenvalue weighted by atomic mass is 35.5. The standard InChI is InChI=1S/C21H33N5O.2ClH/c1-2-17-12-19(24-13-23-17)26-8-6-18(7-9-26)25-21(27)16-10-14-4-3-5-15(11-16)20(14)22;;/h12-16,18,20H,2-11,22H2,1H3,(H,25,27);2*1H. The summed E-state index contributed by atoms with van der Waals surface area (Å²) in [4.78, 5) is 23.9. The number of carbonyl (C=O) groups is 1. The lowest BCUT2D eigenvalue weighted by atomic mass is 9.65. The van der Waals surface area contributed by atoms with Gasteiger partial charge in [-0.3, -0.25) is 4.79 Å². The second-order valence-corrected chi connectivity index (χ2v) is 8.69. The van der Waals surface area contributed by atoms with Crippen LogP contribution in [-0.2, 0) is 11.2 Å². The van der Waals surface area contributed by atoms with Crippen LogP contribution in [0.1, 0.15) is 57.6 Å². The van der Waals surface area contributed by atoms with E-state index in [1.54, 1.807) is 6.33 Å². The maximum Gasteiger partial charge on any atom is 0.223 e. The van der Waals surface area contributed by atoms with Crippen molar-refractivity contribution in [1.82, 2.24) is 15.3 Å². The Balaban J connectivity index is 0.00000150. The lowest BCUT2D eigenvalue weighted by molar-refractivity contribution is -0.128. The van der Waals surface area contributed by atoms with Gasteiger partial charge in [-0.05, 0) is 56.8 Å². The first kappa shape index (κ1) is 24.2. The van der Waals surface area contributed by atoms with E-state index in [0.29, 0.717) is 17.9 Å². The van der Waals surface area contributed by atoms with Gasteiger partial charge in [-0.25, -0.2) is 9.97 Å². The van der Waals surface area contributed by atoms with Crippen LogP contribution in [0.3, 0.4) is 0 Å². The Labute approximate surface area is 186 Å². The number of anilines is 1. The van der Waals surface area contributed by atoms with E-state index in [2.05, 4.69) is 33.2 Å². The molecule has 2 aliphatic carbocycles. The first-order chi connectivity index (χ1) is 13.1. The van der Waals surface area contributed by atoms with Crippen molar-refractivity contribution >= 4 is 36.5 Å². The third-order valence-corrected chi connectivity index (χ3v) is 7.02. The van der Waals surface area contributed by atoms with Gasteiger partial charge in [-0.2, -0.15) is 0 Å². The Morgan fingerprint density at radius 2 is 1.79 bits per heavy atom. The molecule has 1 aromatic rings. The smallest absolute Gasteiger partial charge is 0.223 e. The van der Waals surface area contributed by atoms with Gasteiger partial charge in [0.15, 0.2) is 0 Å². The summed E-state index contributed by atoms with van der Waals surface area (Å²) >= 11 is 0. The number of hydrogen-bond acceptors (Lipinski definition) is 5. The highest BCUT2D eigenvalue weighted by Crippen LogP contribution is 2.42. The summed E-state index contributed by atoms with van der Waals surface area (Å²) in [5, 5.41) is 3.35. The predicted molar refractivity (Wildman–Crippen MR) is 121 cm³/mol. The van der Waals surface area contributed by atoms with E-state index in [9.17, 15) is 4.79 Å². The highest BCUT2D eigenvalue weighted by Gasteiger charge is 2.40. The molecule has 0 radical (unpaired) electrons. The first-order valence-corrected chi connectivity index (χ1v) is 10.8. The molecule has 2 atom stereocenters. The lowest BCUT2D eigenvalue weighted by Crippen LogP contribution is -2.51. The molecule has 3 N–H and O–H groups in total. The number of nitrogens with zero attached hydrogens (tertiary/aromatic N) is 3. The van der Waals surface area contributed by atoms with Crippen LogP contribution in [0.15, 0.2) is 12.4 Å². The molecule has 2 saturated carbocycles. The minimum absolute atomic E-state index is 0. The number of amides is 1. The van der Waals surface area contributed by atoms with Crippen molar-refractivity contribution in [2.24, 2.45) is 23.5 Å². The van der Waals surface area contributed by atoms with Crippen LogP contribution in [0.5, 0.6) is 0 Å². The molecule has 1 aromatic heterocycles. The van der Waals surface area contributed by atoms with Crippen LogP contribution in [-0.4, -0.2) is 41.0 Å². The van der Waals surface area contributed by atoms with Crippen molar-refractivity contribution in [3.05, 3.63) is 18.1 Å². The van der Waals surface area contributed by atoms with E-state index in [1.165, 1.54) is 19.3 Å². The zero-order valence-electron chi connectivity index (χ0n) is 17.3. The third kappa shape index (κ3) is 5.53. The number of halogens is 2. The molecule has 2 bridgehead atoms. The van der Waals surface area contributed by atoms with Gasteiger partial charge < -0.3 is 16.0 Å². The van der Waals surface area contributed by atoms with Crippen LogP contribution in [0.4, 0.5) is 5.82 Å². The van der Waals surface area contributed by atoms with Gasteiger partial charge in [-0.15, -0.1) is 24.8 Å². The average molecular weight is 444 g/mol. The maximum atomic E-state index is 12.9. The summed E-state index contributed by atoms with van der Waals surface area (Å²) in [6, 6.07) is 2.70. The van der Waals surface area contributed by atoms with Crippen LogP contribution in [0.2, 0.25) is 0 Å². The van der Waals surface area contributed by atoms with Crippen LogP contribution < -0.4 is 16.0 Å². The molecule has 1 amide bonds. The maximum absolute atomic E-state index is 12.9. The number of piperidine rings is 1. The molecule has 164 valence electrons. The number of aromatic nitrogens is 2. The summed E-state index contributed by atoms with van der Waals surface area (Å²) < 4.78 is 0. The van der Waals surface area contributed by atoms with E-state index >= 15 is 0 Å². The van der Waals surface area contributed by atoms with Crippen LogP contribution in [0.25, 0.3) is 0 Å². The Morgan fingerprint density at radius 1 is 1.14 bits per heavy atom. The molecule has 29 heavy (non-hydrogen) atoms. The zero-order chi connectivity index (χ0) is 18.8. The average Bonchev–Trinajstić information content (AvgIpc) is 2.68. The molecule has 1 aliphatic heterocycles. The van der Waals surface area contributed by atoms with Crippen molar-refractivity contribution in [3.63, 3.8) is 0 Å². The van der Waals surface area contributed by atoms with Gasteiger partial charge in [-0.1, -0.05) is 13.3 Å². The molecule has 1 saturated heterocycles. The summed E-state index contributed by atoms with van der Waals surface area (Å²) in [6.07, 6.45) is 10.2. The van der Waals surface area contributed by atoms with Crippen molar-refractivity contribution in [2.75, 3.05) is 18.0 Å². The topological polar surface area (TPSA) is 84.1 Å². The van der Waals surface area contributed by atoms with Crippen molar-refractivity contribution in [1.29, 1.82) is 0 Å². The third-order valence-electron chi connectivity index (χ3n) is 7.02. The molecule has 8 heteroatoms. The molecule has 3 fully saturated rings. The number of carbonyl (C=O) groups excluding carboxylic acids is 1. The minimum Gasteiger partial charge on any atom is -0.356 e. The fourth-order valence-corrected chi connectivity index (χ4v) is 5.33. The Morgan fingerprint density at radius 3 is 2.41 bits per heavy atom. The van der Waals surface area contributed by atoms with Crippen molar-refractivity contribution in [3.8, 4) is 0 Å². The van der Waals surface area contributed by atoms with Crippen molar-refractivity contribution in [2.45, 2.75) is 70.4 Å². The summed E-state index contributed by atoms with van der Waals surface area (Å²) in [5.74, 6) is 2.57. The molecular weight excluding hydrogens is 409 g/mol. The Hall–Kier alpha value is -1.11. The van der Waals surface area contributed by atoms with Gasteiger partial charge in [0.25, 0.3) is 0 Å². The number of fused-ring (bicyclic) bond motifs is 2. The monoisotopic (exact) mass is 443 g/mol. The summed E-state index contributed by atoms with van der Waals surface area (Å²) in [6.45, 7) is 3.98. The van der Waals surface area contributed by atoms with E-state index in [-0.39, 0.29) is 42.7 Å². The molecule has 2 unspecified atom stereocenters. The Bertz CT molecular complexity index is 654. The first-order valence-electron chi connectivity index (χ1n) is 10.8. The molecule has 0 spiro atoms. The summed E-state index contributed by atoms with van der Waals surface area (Å²) in [5.41, 5.74) is 7.45. The normalized spacial score (nSPS) is 29.4. The number of nitrogens with one attached hydrogen (secondary N) is 1. The SMILES string of the molecule is CCc1cc(N2CCC(NC(=O)C3CC4CCCC(C3)C4N)CC2)ncn1.Cl.Cl. The number of rotatable bonds is 4. The fraction of sp³-hybridized carbons (Fsp3) is 0.762. The predicted octanol–water partition coefficient (Wildman–Crippen LogP) is 3.12. The quantitative estimate of drug-likeness (QED) is 0.746. The second kappa shape index (κ2) is 10.8. The molecule has 2 heterocycles. The molecule has 6 nitrogen and oxygen atoms in total. The molecule has 0 aromatic carbocycles. The van der Waals surface area contributed by atoms with Gasteiger partial charge in [0.05, 0.1) is 0 Å². The molecule has 4 rings (SSSR count). The van der Waals surface area contributed by atoms with E-state index in [0.717, 1.165) is 56.7 Å².